The maximum atomic E-state index is 12.4. The Hall–Kier alpha value is -2.88. The highest BCUT2D eigenvalue weighted by atomic mass is 16.1. The van der Waals surface area contributed by atoms with E-state index >= 15 is 0 Å². The number of amides is 1. The van der Waals surface area contributed by atoms with Gasteiger partial charge in [0.2, 0.25) is 0 Å². The standard InChI is InChI=1S/C21H23N3O/c1-14(2)17-5-9-19(10-6-17)22-21(25)18-7-11-20(12-8-18)24-16(4)13-15(3)23-24/h5-14H,1-4H3,(H,22,25). The normalized spacial score (nSPS) is 10.9. The van der Waals surface area contributed by atoms with Gasteiger partial charge in [-0.05, 0) is 67.8 Å². The van der Waals surface area contributed by atoms with Gasteiger partial charge >= 0.3 is 0 Å². The summed E-state index contributed by atoms with van der Waals surface area (Å²) in [5, 5.41) is 7.40. The fourth-order valence-corrected chi connectivity index (χ4v) is 2.80. The SMILES string of the molecule is Cc1cc(C)n(-c2ccc(C(=O)Nc3ccc(C(C)C)cc3)cc2)n1. The smallest absolute Gasteiger partial charge is 0.255 e. The van der Waals surface area contributed by atoms with Crippen LogP contribution in [0.4, 0.5) is 5.69 Å². The van der Waals surface area contributed by atoms with E-state index in [1.807, 2.05) is 73.1 Å². The first-order valence-corrected chi connectivity index (χ1v) is 8.49. The van der Waals surface area contributed by atoms with Crippen molar-refractivity contribution in [3.8, 4) is 5.69 Å². The fourth-order valence-electron chi connectivity index (χ4n) is 2.80. The average Bonchev–Trinajstić information content (AvgIpc) is 2.94. The van der Waals surface area contributed by atoms with E-state index in [-0.39, 0.29) is 5.91 Å². The van der Waals surface area contributed by atoms with Crippen LogP contribution in [0, 0.1) is 13.8 Å². The van der Waals surface area contributed by atoms with E-state index < -0.39 is 0 Å². The Morgan fingerprint density at radius 3 is 2.16 bits per heavy atom. The molecule has 2 aromatic carbocycles. The van der Waals surface area contributed by atoms with Gasteiger partial charge in [-0.15, -0.1) is 0 Å². The zero-order valence-electron chi connectivity index (χ0n) is 15.1. The minimum atomic E-state index is -0.114. The molecule has 25 heavy (non-hydrogen) atoms. The first-order valence-electron chi connectivity index (χ1n) is 8.49. The second-order valence-electron chi connectivity index (χ2n) is 6.62. The number of carbonyl (C=O) groups is 1. The van der Waals surface area contributed by atoms with Crippen LogP contribution in [0.15, 0.2) is 54.6 Å². The van der Waals surface area contributed by atoms with Crippen molar-refractivity contribution in [1.29, 1.82) is 0 Å². The first kappa shape index (κ1) is 17.0. The maximum absolute atomic E-state index is 12.4. The summed E-state index contributed by atoms with van der Waals surface area (Å²) >= 11 is 0. The molecule has 0 aliphatic heterocycles. The molecule has 4 heteroatoms. The molecule has 0 saturated carbocycles. The summed E-state index contributed by atoms with van der Waals surface area (Å²) < 4.78 is 1.88. The minimum Gasteiger partial charge on any atom is -0.322 e. The molecular weight excluding hydrogens is 310 g/mol. The Bertz CT molecular complexity index is 875. The molecule has 3 rings (SSSR count). The number of benzene rings is 2. The number of hydrogen-bond acceptors (Lipinski definition) is 2. The molecule has 0 fully saturated rings. The predicted molar refractivity (Wildman–Crippen MR) is 102 cm³/mol. The minimum absolute atomic E-state index is 0.114. The van der Waals surface area contributed by atoms with Crippen molar-refractivity contribution in [2.24, 2.45) is 0 Å². The van der Waals surface area contributed by atoms with E-state index in [4.69, 9.17) is 0 Å². The molecule has 1 heterocycles. The number of rotatable bonds is 4. The van der Waals surface area contributed by atoms with E-state index in [9.17, 15) is 4.79 Å². The monoisotopic (exact) mass is 333 g/mol. The summed E-state index contributed by atoms with van der Waals surface area (Å²) in [5.74, 6) is 0.365. The maximum Gasteiger partial charge on any atom is 0.255 e. The van der Waals surface area contributed by atoms with E-state index in [1.54, 1.807) is 0 Å². The van der Waals surface area contributed by atoms with Crippen LogP contribution in [0.3, 0.4) is 0 Å². The first-order chi connectivity index (χ1) is 11.9. The lowest BCUT2D eigenvalue weighted by Crippen LogP contribution is -2.12. The molecule has 0 unspecified atom stereocenters. The van der Waals surface area contributed by atoms with Crippen molar-refractivity contribution in [1.82, 2.24) is 9.78 Å². The third kappa shape index (κ3) is 3.79. The summed E-state index contributed by atoms with van der Waals surface area (Å²) in [5.41, 5.74) is 5.68. The molecule has 0 aliphatic rings. The highest BCUT2D eigenvalue weighted by Crippen LogP contribution is 2.18. The van der Waals surface area contributed by atoms with Crippen molar-refractivity contribution < 1.29 is 4.79 Å². The van der Waals surface area contributed by atoms with Gasteiger partial charge in [0.05, 0.1) is 11.4 Å². The Kier molecular flexibility index (Phi) is 4.70. The summed E-state index contributed by atoms with van der Waals surface area (Å²) in [6.45, 7) is 8.28. The molecule has 1 N–H and O–H groups in total. The molecule has 0 radical (unpaired) electrons. The third-order valence-electron chi connectivity index (χ3n) is 4.22. The fraction of sp³-hybridized carbons (Fsp3) is 0.238. The van der Waals surface area contributed by atoms with Crippen molar-refractivity contribution >= 4 is 11.6 Å². The third-order valence-corrected chi connectivity index (χ3v) is 4.22. The Labute approximate surface area is 148 Å². The average molecular weight is 333 g/mol. The second kappa shape index (κ2) is 6.93. The summed E-state index contributed by atoms with van der Waals surface area (Å²) in [4.78, 5) is 12.4. The van der Waals surface area contributed by atoms with Gasteiger partial charge < -0.3 is 5.32 Å². The zero-order valence-corrected chi connectivity index (χ0v) is 15.1. The molecule has 128 valence electrons. The van der Waals surface area contributed by atoms with Gasteiger partial charge in [-0.2, -0.15) is 5.10 Å². The van der Waals surface area contributed by atoms with E-state index in [0.29, 0.717) is 11.5 Å². The van der Waals surface area contributed by atoms with Gasteiger partial charge in [0.25, 0.3) is 5.91 Å². The molecule has 0 aliphatic carbocycles. The Morgan fingerprint density at radius 2 is 1.64 bits per heavy atom. The lowest BCUT2D eigenvalue weighted by molar-refractivity contribution is 0.102. The van der Waals surface area contributed by atoms with Crippen LogP contribution in [0.25, 0.3) is 5.69 Å². The quantitative estimate of drug-likeness (QED) is 0.741. The van der Waals surface area contributed by atoms with E-state index in [2.05, 4.69) is 24.3 Å². The molecule has 1 amide bonds. The summed E-state index contributed by atoms with van der Waals surface area (Å²) in [6, 6.07) is 17.5. The van der Waals surface area contributed by atoms with Gasteiger partial charge in [0.1, 0.15) is 0 Å². The molecule has 0 saturated heterocycles. The van der Waals surface area contributed by atoms with Crippen molar-refractivity contribution in [2.45, 2.75) is 33.6 Å². The molecular formula is C21H23N3O. The van der Waals surface area contributed by atoms with E-state index in [0.717, 1.165) is 22.8 Å². The van der Waals surface area contributed by atoms with Crippen LogP contribution in [0.2, 0.25) is 0 Å². The van der Waals surface area contributed by atoms with Crippen LogP contribution in [-0.2, 0) is 0 Å². The molecule has 0 atom stereocenters. The van der Waals surface area contributed by atoms with Crippen LogP contribution in [0.1, 0.15) is 47.1 Å². The van der Waals surface area contributed by atoms with Crippen LogP contribution in [-0.4, -0.2) is 15.7 Å². The summed E-state index contributed by atoms with van der Waals surface area (Å²) in [7, 11) is 0. The second-order valence-corrected chi connectivity index (χ2v) is 6.62. The number of aromatic nitrogens is 2. The van der Waals surface area contributed by atoms with Gasteiger partial charge in [-0.3, -0.25) is 4.79 Å². The number of anilines is 1. The number of nitrogens with zero attached hydrogens (tertiary/aromatic N) is 2. The Balaban J connectivity index is 1.73. The van der Waals surface area contributed by atoms with Crippen LogP contribution >= 0.6 is 0 Å². The number of carbonyl (C=O) groups excluding carboxylic acids is 1. The van der Waals surface area contributed by atoms with Crippen LogP contribution in [0.5, 0.6) is 0 Å². The summed E-state index contributed by atoms with van der Waals surface area (Å²) in [6.07, 6.45) is 0. The van der Waals surface area contributed by atoms with Crippen molar-refractivity contribution in [3.63, 3.8) is 0 Å². The molecule has 3 aromatic rings. The van der Waals surface area contributed by atoms with Crippen molar-refractivity contribution in [2.75, 3.05) is 5.32 Å². The predicted octanol–water partition coefficient (Wildman–Crippen LogP) is 4.86. The highest BCUT2D eigenvalue weighted by Gasteiger charge is 2.08. The lowest BCUT2D eigenvalue weighted by atomic mass is 10.0. The topological polar surface area (TPSA) is 46.9 Å². The number of nitrogens with one attached hydrogen (secondary N) is 1. The Morgan fingerprint density at radius 1 is 1.00 bits per heavy atom. The van der Waals surface area contributed by atoms with Gasteiger partial charge in [0, 0.05) is 16.9 Å². The van der Waals surface area contributed by atoms with Gasteiger partial charge in [0.15, 0.2) is 0 Å². The number of hydrogen-bond donors (Lipinski definition) is 1. The van der Waals surface area contributed by atoms with Gasteiger partial charge in [-0.1, -0.05) is 26.0 Å². The zero-order chi connectivity index (χ0) is 18.0. The molecule has 0 bridgehead atoms. The molecule has 1 aromatic heterocycles. The van der Waals surface area contributed by atoms with Crippen molar-refractivity contribution in [3.05, 3.63) is 77.1 Å². The molecule has 4 nitrogen and oxygen atoms in total. The van der Waals surface area contributed by atoms with E-state index in [1.165, 1.54) is 5.56 Å². The lowest BCUT2D eigenvalue weighted by Gasteiger charge is -2.09. The molecule has 0 spiro atoms. The van der Waals surface area contributed by atoms with Crippen LogP contribution < -0.4 is 5.32 Å². The van der Waals surface area contributed by atoms with Gasteiger partial charge in [-0.25, -0.2) is 4.68 Å². The highest BCUT2D eigenvalue weighted by molar-refractivity contribution is 6.04. The largest absolute Gasteiger partial charge is 0.322 e. The number of aryl methyl sites for hydroxylation is 2.